The van der Waals surface area contributed by atoms with E-state index >= 15 is 0 Å². The summed E-state index contributed by atoms with van der Waals surface area (Å²) < 4.78 is 44.2. The summed E-state index contributed by atoms with van der Waals surface area (Å²) in [6.45, 7) is 0.284. The Bertz CT molecular complexity index is 1270. The van der Waals surface area contributed by atoms with E-state index in [4.69, 9.17) is 25.8 Å². The highest BCUT2D eigenvalue weighted by Gasteiger charge is 2.28. The van der Waals surface area contributed by atoms with Crippen LogP contribution in [0, 0.1) is 0 Å². The number of anilines is 2. The molecule has 33 heavy (non-hydrogen) atoms. The van der Waals surface area contributed by atoms with Crippen LogP contribution in [0.2, 0.25) is 5.02 Å². The molecule has 1 aliphatic rings. The minimum absolute atomic E-state index is 0.0557. The number of nitrogens with zero attached hydrogens (tertiary/aromatic N) is 1. The van der Waals surface area contributed by atoms with E-state index in [0.717, 1.165) is 4.31 Å². The van der Waals surface area contributed by atoms with Gasteiger partial charge >= 0.3 is 0 Å². The molecule has 0 atom stereocenters. The number of fused-ring (bicyclic) bond motifs is 1. The summed E-state index contributed by atoms with van der Waals surface area (Å²) in [5, 5.41) is 2.99. The van der Waals surface area contributed by atoms with Crippen LogP contribution in [0.1, 0.15) is 0 Å². The highest BCUT2D eigenvalue weighted by atomic mass is 35.5. The SMILES string of the molecule is COc1ccc(NC(=O)CN(c2ccc3c(c2)OCCO3)S(=O)(=O)c2ccccc2)cc1Cl. The summed E-state index contributed by atoms with van der Waals surface area (Å²) in [4.78, 5) is 12.9. The van der Waals surface area contributed by atoms with Crippen LogP contribution in [0.3, 0.4) is 0 Å². The van der Waals surface area contributed by atoms with E-state index in [0.29, 0.717) is 41.2 Å². The molecule has 0 saturated heterocycles. The second kappa shape index (κ2) is 9.60. The van der Waals surface area contributed by atoms with Crippen molar-refractivity contribution in [1.82, 2.24) is 0 Å². The highest BCUT2D eigenvalue weighted by Crippen LogP contribution is 2.36. The van der Waals surface area contributed by atoms with Gasteiger partial charge in [0.15, 0.2) is 11.5 Å². The molecule has 4 rings (SSSR count). The quantitative estimate of drug-likeness (QED) is 0.541. The lowest BCUT2D eigenvalue weighted by Gasteiger charge is -2.26. The predicted octanol–water partition coefficient (Wildman–Crippen LogP) is 3.95. The van der Waals surface area contributed by atoms with Crippen LogP contribution in [0.4, 0.5) is 11.4 Å². The second-order valence-electron chi connectivity index (χ2n) is 7.05. The molecule has 1 heterocycles. The molecule has 0 radical (unpaired) electrons. The Balaban J connectivity index is 1.66. The molecule has 1 N–H and O–H groups in total. The third kappa shape index (κ3) is 4.99. The van der Waals surface area contributed by atoms with Crippen molar-refractivity contribution >= 4 is 38.9 Å². The van der Waals surface area contributed by atoms with Crippen LogP contribution in [-0.2, 0) is 14.8 Å². The summed E-state index contributed by atoms with van der Waals surface area (Å²) in [5.74, 6) is 0.832. The molecule has 8 nitrogen and oxygen atoms in total. The first-order valence-electron chi connectivity index (χ1n) is 9.99. The summed E-state index contributed by atoms with van der Waals surface area (Å²) in [5.41, 5.74) is 0.677. The van der Waals surface area contributed by atoms with E-state index in [9.17, 15) is 13.2 Å². The van der Waals surface area contributed by atoms with Gasteiger partial charge in [0.25, 0.3) is 10.0 Å². The van der Waals surface area contributed by atoms with Crippen molar-refractivity contribution in [3.63, 3.8) is 0 Å². The number of hydrogen-bond acceptors (Lipinski definition) is 6. The van der Waals surface area contributed by atoms with Gasteiger partial charge in [-0.1, -0.05) is 29.8 Å². The maximum absolute atomic E-state index is 13.5. The zero-order chi connectivity index (χ0) is 23.4. The summed E-state index contributed by atoms with van der Waals surface area (Å²) in [6.07, 6.45) is 0. The fraction of sp³-hybridized carbons (Fsp3) is 0.174. The number of amides is 1. The lowest BCUT2D eigenvalue weighted by molar-refractivity contribution is -0.114. The van der Waals surface area contributed by atoms with Crippen molar-refractivity contribution in [2.45, 2.75) is 4.90 Å². The minimum Gasteiger partial charge on any atom is -0.495 e. The van der Waals surface area contributed by atoms with Gasteiger partial charge < -0.3 is 19.5 Å². The number of carbonyl (C=O) groups is 1. The molecule has 0 aromatic heterocycles. The Hall–Kier alpha value is -3.43. The number of halogens is 1. The molecule has 0 saturated carbocycles. The van der Waals surface area contributed by atoms with Gasteiger partial charge in [-0.15, -0.1) is 0 Å². The van der Waals surface area contributed by atoms with Crippen molar-refractivity contribution < 1.29 is 27.4 Å². The van der Waals surface area contributed by atoms with Crippen LogP contribution < -0.4 is 23.8 Å². The van der Waals surface area contributed by atoms with Gasteiger partial charge in [-0.05, 0) is 42.5 Å². The normalized spacial score (nSPS) is 12.7. The van der Waals surface area contributed by atoms with E-state index in [2.05, 4.69) is 5.32 Å². The fourth-order valence-corrected chi connectivity index (χ4v) is 4.99. The third-order valence-electron chi connectivity index (χ3n) is 4.87. The molecular formula is C23H21ClN2O6S. The molecule has 0 aliphatic carbocycles. The first kappa shape index (κ1) is 22.8. The Kier molecular flexibility index (Phi) is 6.62. The molecule has 1 aliphatic heterocycles. The monoisotopic (exact) mass is 488 g/mol. The molecule has 3 aromatic rings. The van der Waals surface area contributed by atoms with Crippen LogP contribution in [-0.4, -0.2) is 41.2 Å². The highest BCUT2D eigenvalue weighted by molar-refractivity contribution is 7.92. The van der Waals surface area contributed by atoms with E-state index < -0.39 is 22.5 Å². The van der Waals surface area contributed by atoms with E-state index in [1.807, 2.05) is 0 Å². The largest absolute Gasteiger partial charge is 0.495 e. The number of methoxy groups -OCH3 is 1. The first-order chi connectivity index (χ1) is 15.9. The lowest BCUT2D eigenvalue weighted by Crippen LogP contribution is -2.38. The van der Waals surface area contributed by atoms with Crippen molar-refractivity contribution in [3.05, 3.63) is 71.8 Å². The van der Waals surface area contributed by atoms with Crippen LogP contribution in [0.15, 0.2) is 71.6 Å². The number of sulfonamides is 1. The molecule has 0 fully saturated rings. The van der Waals surface area contributed by atoms with Crippen LogP contribution in [0.25, 0.3) is 0 Å². The number of benzene rings is 3. The molecule has 0 spiro atoms. The van der Waals surface area contributed by atoms with Crippen molar-refractivity contribution in [1.29, 1.82) is 0 Å². The fourth-order valence-electron chi connectivity index (χ4n) is 3.30. The predicted molar refractivity (Wildman–Crippen MR) is 125 cm³/mol. The second-order valence-corrected chi connectivity index (χ2v) is 9.32. The number of hydrogen-bond donors (Lipinski definition) is 1. The molecular weight excluding hydrogens is 468 g/mol. The van der Waals surface area contributed by atoms with Gasteiger partial charge in [0.1, 0.15) is 25.5 Å². The maximum atomic E-state index is 13.5. The van der Waals surface area contributed by atoms with E-state index in [1.165, 1.54) is 25.3 Å². The number of carbonyl (C=O) groups excluding carboxylic acids is 1. The van der Waals surface area contributed by atoms with Gasteiger partial charge in [-0.2, -0.15) is 0 Å². The van der Waals surface area contributed by atoms with Crippen molar-refractivity contribution in [3.8, 4) is 17.2 Å². The minimum atomic E-state index is -4.06. The van der Waals surface area contributed by atoms with E-state index in [1.54, 1.807) is 48.5 Å². The summed E-state index contributed by atoms with van der Waals surface area (Å²) in [7, 11) is -2.57. The topological polar surface area (TPSA) is 94.2 Å². The molecule has 0 bridgehead atoms. The molecule has 3 aromatic carbocycles. The average molecular weight is 489 g/mol. The molecule has 10 heteroatoms. The zero-order valence-electron chi connectivity index (χ0n) is 17.7. The Labute approximate surface area is 196 Å². The smallest absolute Gasteiger partial charge is 0.264 e. The van der Waals surface area contributed by atoms with Crippen molar-refractivity contribution in [2.24, 2.45) is 0 Å². The van der Waals surface area contributed by atoms with Crippen molar-refractivity contribution in [2.75, 3.05) is 36.5 Å². The Morgan fingerprint density at radius 1 is 1.03 bits per heavy atom. The molecule has 1 amide bonds. The third-order valence-corrected chi connectivity index (χ3v) is 6.95. The van der Waals surface area contributed by atoms with Gasteiger partial charge in [-0.3, -0.25) is 9.10 Å². The standard InChI is InChI=1S/C23H21ClN2O6S/c1-30-20-9-7-16(13-19(20)24)25-23(27)15-26(33(28,29)18-5-3-2-4-6-18)17-8-10-21-22(14-17)32-12-11-31-21/h2-10,13-14H,11-12,15H2,1H3,(H,25,27). The van der Waals surface area contributed by atoms with E-state index in [-0.39, 0.29) is 10.6 Å². The summed E-state index contributed by atoms with van der Waals surface area (Å²) >= 11 is 6.13. The molecule has 172 valence electrons. The Morgan fingerprint density at radius 3 is 2.45 bits per heavy atom. The van der Waals surface area contributed by atoms with Crippen LogP contribution >= 0.6 is 11.6 Å². The number of nitrogens with one attached hydrogen (secondary N) is 1. The van der Waals surface area contributed by atoms with Gasteiger partial charge in [0.2, 0.25) is 5.91 Å². The molecule has 0 unspecified atom stereocenters. The van der Waals surface area contributed by atoms with Gasteiger partial charge in [0.05, 0.1) is 22.7 Å². The maximum Gasteiger partial charge on any atom is 0.264 e. The Morgan fingerprint density at radius 2 is 1.76 bits per heavy atom. The summed E-state index contributed by atoms with van der Waals surface area (Å²) in [6, 6.07) is 17.4. The first-order valence-corrected chi connectivity index (χ1v) is 11.8. The van der Waals surface area contributed by atoms with Gasteiger partial charge in [-0.25, -0.2) is 8.42 Å². The van der Waals surface area contributed by atoms with Crippen LogP contribution in [0.5, 0.6) is 17.2 Å². The lowest BCUT2D eigenvalue weighted by atomic mass is 10.2. The zero-order valence-corrected chi connectivity index (χ0v) is 19.2. The number of rotatable bonds is 7. The average Bonchev–Trinajstić information content (AvgIpc) is 2.83. The van der Waals surface area contributed by atoms with Gasteiger partial charge in [0, 0.05) is 11.8 Å². The number of ether oxygens (including phenoxy) is 3.